The molecule has 50 heavy (non-hydrogen) atoms. The molecule has 5 aliphatic carbocycles. The fourth-order valence-electron chi connectivity index (χ4n) is 12.8. The van der Waals surface area contributed by atoms with Crippen LogP contribution in [0.5, 0.6) is 11.5 Å². The fraction of sp³-hybridized carbons (Fsp3) is 0.375. The van der Waals surface area contributed by atoms with Gasteiger partial charge in [0.1, 0.15) is 11.5 Å². The maximum atomic E-state index is 6.94. The summed E-state index contributed by atoms with van der Waals surface area (Å²) in [6.07, 6.45) is 8.08. The molecule has 250 valence electrons. The lowest BCUT2D eigenvalue weighted by atomic mass is 9.26. The number of hydrogen-bond acceptors (Lipinski definition) is 2. The van der Waals surface area contributed by atoms with Crippen LogP contribution in [-0.2, 0) is 16.2 Å². The van der Waals surface area contributed by atoms with Crippen LogP contribution >= 0.6 is 0 Å². The van der Waals surface area contributed by atoms with Gasteiger partial charge in [-0.05, 0) is 155 Å². The highest BCUT2D eigenvalue weighted by Crippen LogP contribution is 2.89. The molecule has 6 atom stereocenters. The summed E-state index contributed by atoms with van der Waals surface area (Å²) < 4.78 is 6.94. The number of nitrogens with zero attached hydrogens (tertiary/aromatic N) is 1. The molecular weight excluding hydrogens is 607 g/mol. The van der Waals surface area contributed by atoms with Crippen molar-refractivity contribution in [2.45, 2.75) is 82.5 Å². The van der Waals surface area contributed by atoms with E-state index in [9.17, 15) is 0 Å². The highest BCUT2D eigenvalue weighted by atomic mass is 16.5. The molecule has 0 saturated heterocycles. The monoisotopic (exact) mass is 653 g/mol. The molecule has 4 saturated carbocycles. The van der Waals surface area contributed by atoms with Crippen molar-refractivity contribution < 1.29 is 4.74 Å². The maximum absolute atomic E-state index is 6.94. The van der Waals surface area contributed by atoms with Crippen molar-refractivity contribution >= 4 is 17.1 Å². The number of rotatable bonds is 4. The van der Waals surface area contributed by atoms with Crippen molar-refractivity contribution in [3.05, 3.63) is 138 Å². The molecule has 0 aromatic heterocycles. The average molecular weight is 654 g/mol. The molecule has 1 aliphatic heterocycles. The van der Waals surface area contributed by atoms with E-state index in [1.807, 2.05) is 0 Å². The summed E-state index contributed by atoms with van der Waals surface area (Å²) in [5.41, 5.74) is 13.0. The van der Waals surface area contributed by atoms with E-state index in [0.717, 1.165) is 23.3 Å². The third-order valence-electron chi connectivity index (χ3n) is 15.0. The van der Waals surface area contributed by atoms with Gasteiger partial charge in [0, 0.05) is 33.6 Å². The molecule has 6 aliphatic rings. The lowest BCUT2D eigenvalue weighted by Crippen LogP contribution is -2.74. The molecule has 0 amide bonds. The first-order valence-corrected chi connectivity index (χ1v) is 19.2. The second-order valence-electron chi connectivity index (χ2n) is 18.1. The summed E-state index contributed by atoms with van der Waals surface area (Å²) in [6, 6.07) is 43.6. The Morgan fingerprint density at radius 2 is 1.16 bits per heavy atom. The van der Waals surface area contributed by atoms with Crippen molar-refractivity contribution in [2.75, 3.05) is 4.90 Å². The summed E-state index contributed by atoms with van der Waals surface area (Å²) in [4.78, 5) is 2.51. The summed E-state index contributed by atoms with van der Waals surface area (Å²) in [6.45, 7) is 9.72. The van der Waals surface area contributed by atoms with Crippen molar-refractivity contribution in [1.29, 1.82) is 0 Å². The molecule has 5 aromatic rings. The molecule has 2 nitrogen and oxygen atoms in total. The van der Waals surface area contributed by atoms with Crippen LogP contribution in [0.3, 0.4) is 0 Å². The summed E-state index contributed by atoms with van der Waals surface area (Å²) in [5, 5.41) is 0. The van der Waals surface area contributed by atoms with Crippen LogP contribution in [0.15, 0.2) is 115 Å². The molecule has 11 rings (SSSR count). The van der Waals surface area contributed by atoms with E-state index in [1.54, 1.807) is 0 Å². The first kappa shape index (κ1) is 29.4. The second-order valence-corrected chi connectivity index (χ2v) is 18.1. The SMILES string of the molecule is CC1(C)CCC(C)(C)c2cc(N(c3ccccc3)c3ccc4c(c3)C3(c5cc(-c6ccccc6)ccc5O4)C4CC5CC6CC3C64C5)ccc21. The Morgan fingerprint density at radius 1 is 0.540 bits per heavy atom. The van der Waals surface area contributed by atoms with Crippen molar-refractivity contribution in [2.24, 2.45) is 29.1 Å². The zero-order valence-electron chi connectivity index (χ0n) is 29.9. The van der Waals surface area contributed by atoms with Gasteiger partial charge in [-0.3, -0.25) is 0 Å². The van der Waals surface area contributed by atoms with Gasteiger partial charge in [0.2, 0.25) is 0 Å². The van der Waals surface area contributed by atoms with Crippen LogP contribution in [0.1, 0.15) is 88.5 Å². The van der Waals surface area contributed by atoms with Gasteiger partial charge < -0.3 is 9.64 Å². The molecular formula is C48H47NO. The Morgan fingerprint density at radius 3 is 1.90 bits per heavy atom. The predicted octanol–water partition coefficient (Wildman–Crippen LogP) is 12.6. The smallest absolute Gasteiger partial charge is 0.131 e. The van der Waals surface area contributed by atoms with Gasteiger partial charge in [-0.15, -0.1) is 0 Å². The molecule has 0 N–H and O–H groups in total. The summed E-state index contributed by atoms with van der Waals surface area (Å²) in [7, 11) is 0. The average Bonchev–Trinajstić information content (AvgIpc) is 3.66. The van der Waals surface area contributed by atoms with Gasteiger partial charge in [-0.25, -0.2) is 0 Å². The van der Waals surface area contributed by atoms with E-state index in [2.05, 4.69) is 148 Å². The molecule has 6 unspecified atom stereocenters. The van der Waals surface area contributed by atoms with Crippen LogP contribution in [0, 0.1) is 29.1 Å². The zero-order valence-corrected chi connectivity index (χ0v) is 29.9. The van der Waals surface area contributed by atoms with Crippen LogP contribution in [-0.4, -0.2) is 0 Å². The van der Waals surface area contributed by atoms with Crippen molar-refractivity contribution in [3.8, 4) is 22.6 Å². The Bertz CT molecular complexity index is 2200. The topological polar surface area (TPSA) is 12.5 Å². The Balaban J connectivity index is 1.11. The number of ether oxygens (including phenoxy) is 1. The molecule has 1 heterocycles. The number of hydrogen-bond donors (Lipinski definition) is 0. The highest BCUT2D eigenvalue weighted by Gasteiger charge is 2.84. The van der Waals surface area contributed by atoms with E-state index in [1.165, 1.54) is 89.0 Å². The van der Waals surface area contributed by atoms with Gasteiger partial charge >= 0.3 is 0 Å². The van der Waals surface area contributed by atoms with Gasteiger partial charge in [-0.1, -0.05) is 88.4 Å². The Kier molecular flexibility index (Phi) is 5.72. The standard InChI is InChI=1S/C48H47NO/c1-45(2)21-22-46(3,4)38-27-35(16-18-37(38)45)49(34-13-9-6-10-14-34)36-17-20-42-40(28-36)48(43-24-30-23-33-26-44(48)47(33,43)29-30)39-25-32(15-19-41(39)50-42)31-11-7-5-8-12-31/h5-20,25,27-28,30,33,43-44H,21-24,26,29H2,1-4H3. The fourth-order valence-corrected chi connectivity index (χ4v) is 12.8. The minimum Gasteiger partial charge on any atom is -0.457 e. The number of para-hydroxylation sites is 1. The van der Waals surface area contributed by atoms with Crippen molar-refractivity contribution in [1.82, 2.24) is 0 Å². The summed E-state index contributed by atoms with van der Waals surface area (Å²) >= 11 is 0. The summed E-state index contributed by atoms with van der Waals surface area (Å²) in [5.74, 6) is 5.35. The van der Waals surface area contributed by atoms with Gasteiger partial charge in [0.05, 0.1) is 0 Å². The van der Waals surface area contributed by atoms with E-state index in [-0.39, 0.29) is 16.2 Å². The predicted molar refractivity (Wildman–Crippen MR) is 204 cm³/mol. The van der Waals surface area contributed by atoms with E-state index < -0.39 is 0 Å². The van der Waals surface area contributed by atoms with Gasteiger partial charge in [-0.2, -0.15) is 0 Å². The first-order chi connectivity index (χ1) is 24.2. The van der Waals surface area contributed by atoms with E-state index in [4.69, 9.17) is 4.74 Å². The normalized spacial score (nSPS) is 31.0. The Labute approximate surface area is 297 Å². The third kappa shape index (κ3) is 3.60. The zero-order chi connectivity index (χ0) is 33.6. The van der Waals surface area contributed by atoms with Gasteiger partial charge in [0.25, 0.3) is 0 Å². The Hall–Kier alpha value is -4.30. The molecule has 2 spiro atoms. The molecule has 4 fully saturated rings. The highest BCUT2D eigenvalue weighted by molar-refractivity contribution is 5.80. The minimum absolute atomic E-state index is 0.000385. The minimum atomic E-state index is -0.000385. The van der Waals surface area contributed by atoms with Crippen molar-refractivity contribution in [3.63, 3.8) is 0 Å². The second kappa shape index (κ2) is 9.72. The molecule has 0 radical (unpaired) electrons. The maximum Gasteiger partial charge on any atom is 0.131 e. The lowest BCUT2D eigenvalue weighted by molar-refractivity contribution is -0.235. The largest absolute Gasteiger partial charge is 0.457 e. The van der Waals surface area contributed by atoms with E-state index >= 15 is 0 Å². The van der Waals surface area contributed by atoms with Crippen LogP contribution in [0.4, 0.5) is 17.1 Å². The number of benzene rings is 5. The van der Waals surface area contributed by atoms with Gasteiger partial charge in [0.15, 0.2) is 0 Å². The van der Waals surface area contributed by atoms with Crippen LogP contribution in [0.25, 0.3) is 11.1 Å². The quantitative estimate of drug-likeness (QED) is 0.191. The van der Waals surface area contributed by atoms with E-state index in [0.29, 0.717) is 17.3 Å². The molecule has 2 heteroatoms. The number of anilines is 3. The lowest BCUT2D eigenvalue weighted by Gasteiger charge is -2.77. The van der Waals surface area contributed by atoms with Crippen LogP contribution in [0.2, 0.25) is 0 Å². The molecule has 2 bridgehead atoms. The van der Waals surface area contributed by atoms with Crippen LogP contribution < -0.4 is 9.64 Å². The third-order valence-corrected chi connectivity index (χ3v) is 15.0. The number of fused-ring (bicyclic) bond motifs is 8. The first-order valence-electron chi connectivity index (χ1n) is 19.2. The molecule has 5 aromatic carbocycles.